The highest BCUT2D eigenvalue weighted by molar-refractivity contribution is 5.64. The minimum atomic E-state index is -4.59. The number of nitrogens with one attached hydrogen (secondary N) is 2. The number of anilines is 4. The molecular formula is C23H23F3N4O. The zero-order valence-corrected chi connectivity index (χ0v) is 17.0. The maximum absolute atomic E-state index is 13.5. The third-order valence-corrected chi connectivity index (χ3v) is 5.42. The summed E-state index contributed by atoms with van der Waals surface area (Å²) in [6, 6.07) is 14.5. The van der Waals surface area contributed by atoms with E-state index in [0.29, 0.717) is 23.0 Å². The lowest BCUT2D eigenvalue weighted by Gasteiger charge is -2.15. The number of benzene rings is 2. The smallest absolute Gasteiger partial charge is 0.421 e. The molecule has 2 aromatic carbocycles. The molecule has 1 aliphatic carbocycles. The van der Waals surface area contributed by atoms with Gasteiger partial charge in [0.25, 0.3) is 0 Å². The van der Waals surface area contributed by atoms with Crippen LogP contribution < -0.4 is 15.4 Å². The summed E-state index contributed by atoms with van der Waals surface area (Å²) >= 11 is 0. The van der Waals surface area contributed by atoms with Gasteiger partial charge in [-0.2, -0.15) is 18.2 Å². The van der Waals surface area contributed by atoms with Gasteiger partial charge >= 0.3 is 6.18 Å². The van der Waals surface area contributed by atoms with E-state index in [-0.39, 0.29) is 11.8 Å². The van der Waals surface area contributed by atoms with E-state index >= 15 is 0 Å². The van der Waals surface area contributed by atoms with Crippen LogP contribution in [0.4, 0.5) is 36.3 Å². The Kier molecular flexibility index (Phi) is 5.97. The van der Waals surface area contributed by atoms with Gasteiger partial charge in [0.1, 0.15) is 17.1 Å². The van der Waals surface area contributed by atoms with Crippen LogP contribution in [-0.4, -0.2) is 17.1 Å². The van der Waals surface area contributed by atoms with Crippen LogP contribution in [0.3, 0.4) is 0 Å². The Morgan fingerprint density at radius 2 is 1.71 bits per heavy atom. The van der Waals surface area contributed by atoms with Gasteiger partial charge in [-0.1, -0.05) is 31.0 Å². The van der Waals surface area contributed by atoms with Gasteiger partial charge in [-0.05, 0) is 48.6 Å². The highest BCUT2D eigenvalue weighted by Gasteiger charge is 2.35. The number of ether oxygens (including phenoxy) is 1. The molecule has 0 atom stereocenters. The second kappa shape index (κ2) is 8.83. The molecule has 4 rings (SSSR count). The summed E-state index contributed by atoms with van der Waals surface area (Å²) in [6.45, 7) is 0. The van der Waals surface area contributed by atoms with Gasteiger partial charge in [0.15, 0.2) is 0 Å². The standard InChI is InChI=1S/C23H23F3N4O/c1-31-19-8-4-7-18(13-19)28-21-20(23(24,25)26)14-27-22(30-21)29-17-11-9-16(10-12-17)15-5-2-3-6-15/h4,7-15H,2-3,5-6H2,1H3,(H2,27,28,29,30). The molecule has 0 amide bonds. The Morgan fingerprint density at radius 1 is 0.968 bits per heavy atom. The van der Waals surface area contributed by atoms with Crippen molar-refractivity contribution in [2.45, 2.75) is 37.8 Å². The SMILES string of the molecule is COc1cccc(Nc2nc(Nc3ccc(C4CCCC4)cc3)ncc2C(F)(F)F)c1. The molecular weight excluding hydrogens is 405 g/mol. The minimum Gasteiger partial charge on any atom is -0.497 e. The summed E-state index contributed by atoms with van der Waals surface area (Å²) in [7, 11) is 1.49. The fraction of sp³-hybridized carbons (Fsp3) is 0.304. The lowest BCUT2D eigenvalue weighted by molar-refractivity contribution is -0.137. The first kappa shape index (κ1) is 21.0. The average molecular weight is 428 g/mol. The number of hydrogen-bond donors (Lipinski definition) is 2. The summed E-state index contributed by atoms with van der Waals surface area (Å²) < 4.78 is 45.6. The predicted octanol–water partition coefficient (Wildman–Crippen LogP) is 6.65. The molecule has 0 unspecified atom stereocenters. The molecule has 1 fully saturated rings. The molecule has 5 nitrogen and oxygen atoms in total. The summed E-state index contributed by atoms with van der Waals surface area (Å²) in [5.41, 5.74) is 1.48. The number of methoxy groups -OCH3 is 1. The Labute approximate surface area is 178 Å². The van der Waals surface area contributed by atoms with Crippen LogP contribution >= 0.6 is 0 Å². The number of alkyl halides is 3. The summed E-state index contributed by atoms with van der Waals surface area (Å²) in [4.78, 5) is 7.96. The molecule has 1 saturated carbocycles. The van der Waals surface area contributed by atoms with E-state index in [1.165, 1.54) is 38.4 Å². The van der Waals surface area contributed by atoms with Crippen LogP contribution in [-0.2, 0) is 6.18 Å². The summed E-state index contributed by atoms with van der Waals surface area (Å²) in [5.74, 6) is 0.858. The molecule has 1 heterocycles. The van der Waals surface area contributed by atoms with Crippen LogP contribution in [0.1, 0.15) is 42.7 Å². The van der Waals surface area contributed by atoms with Gasteiger partial charge in [-0.15, -0.1) is 0 Å². The number of aromatic nitrogens is 2. The van der Waals surface area contributed by atoms with Crippen molar-refractivity contribution in [1.82, 2.24) is 9.97 Å². The first-order valence-electron chi connectivity index (χ1n) is 10.1. The van der Waals surface area contributed by atoms with E-state index in [2.05, 4.69) is 32.7 Å². The maximum Gasteiger partial charge on any atom is 0.421 e. The highest BCUT2D eigenvalue weighted by Crippen LogP contribution is 2.36. The van der Waals surface area contributed by atoms with Crippen molar-refractivity contribution in [3.63, 3.8) is 0 Å². The molecule has 0 aliphatic heterocycles. The zero-order valence-electron chi connectivity index (χ0n) is 17.0. The fourth-order valence-electron chi connectivity index (χ4n) is 3.81. The monoisotopic (exact) mass is 428 g/mol. The van der Waals surface area contributed by atoms with Crippen molar-refractivity contribution in [1.29, 1.82) is 0 Å². The molecule has 1 aliphatic rings. The number of halogens is 3. The van der Waals surface area contributed by atoms with E-state index < -0.39 is 11.7 Å². The maximum atomic E-state index is 13.5. The van der Waals surface area contributed by atoms with E-state index in [1.54, 1.807) is 24.3 Å². The molecule has 162 valence electrons. The Balaban J connectivity index is 1.57. The second-order valence-electron chi connectivity index (χ2n) is 7.54. The molecule has 0 bridgehead atoms. The Hall–Kier alpha value is -3.29. The van der Waals surface area contributed by atoms with Crippen molar-refractivity contribution in [3.05, 3.63) is 65.9 Å². The van der Waals surface area contributed by atoms with Crippen molar-refractivity contribution in [2.75, 3.05) is 17.7 Å². The van der Waals surface area contributed by atoms with Gasteiger partial charge in [0.2, 0.25) is 5.95 Å². The third-order valence-electron chi connectivity index (χ3n) is 5.42. The Bertz CT molecular complexity index is 1030. The molecule has 8 heteroatoms. The van der Waals surface area contributed by atoms with Gasteiger partial charge in [-0.25, -0.2) is 4.98 Å². The van der Waals surface area contributed by atoms with E-state index in [0.717, 1.165) is 6.20 Å². The number of rotatable bonds is 6. The normalized spacial score (nSPS) is 14.5. The van der Waals surface area contributed by atoms with E-state index in [9.17, 15) is 13.2 Å². The van der Waals surface area contributed by atoms with Gasteiger partial charge in [0, 0.05) is 23.6 Å². The van der Waals surface area contributed by atoms with Gasteiger partial charge in [-0.3, -0.25) is 0 Å². The van der Waals surface area contributed by atoms with Crippen molar-refractivity contribution in [2.24, 2.45) is 0 Å². The van der Waals surface area contributed by atoms with Crippen molar-refractivity contribution >= 4 is 23.1 Å². The topological polar surface area (TPSA) is 59.1 Å². The zero-order chi connectivity index (χ0) is 21.8. The lowest BCUT2D eigenvalue weighted by Crippen LogP contribution is -2.12. The predicted molar refractivity (Wildman–Crippen MR) is 114 cm³/mol. The van der Waals surface area contributed by atoms with Crippen molar-refractivity contribution in [3.8, 4) is 5.75 Å². The molecule has 3 aromatic rings. The Morgan fingerprint density at radius 3 is 2.39 bits per heavy atom. The molecule has 0 radical (unpaired) electrons. The minimum absolute atomic E-state index is 0.0759. The molecule has 0 saturated heterocycles. The first-order chi connectivity index (χ1) is 14.9. The number of nitrogens with zero attached hydrogens (tertiary/aromatic N) is 2. The molecule has 1 aromatic heterocycles. The van der Waals surface area contributed by atoms with Gasteiger partial charge in [0.05, 0.1) is 7.11 Å². The van der Waals surface area contributed by atoms with Gasteiger partial charge < -0.3 is 15.4 Å². The summed E-state index contributed by atoms with van der Waals surface area (Å²) in [6.07, 6.45) is 1.11. The van der Waals surface area contributed by atoms with Crippen LogP contribution in [0.15, 0.2) is 54.7 Å². The first-order valence-corrected chi connectivity index (χ1v) is 10.1. The highest BCUT2D eigenvalue weighted by atomic mass is 19.4. The van der Waals surface area contributed by atoms with E-state index in [4.69, 9.17) is 4.74 Å². The van der Waals surface area contributed by atoms with Crippen LogP contribution in [0.5, 0.6) is 5.75 Å². The lowest BCUT2D eigenvalue weighted by atomic mass is 9.98. The van der Waals surface area contributed by atoms with E-state index in [1.807, 2.05) is 12.1 Å². The average Bonchev–Trinajstić information content (AvgIpc) is 3.29. The van der Waals surface area contributed by atoms with Crippen LogP contribution in [0.2, 0.25) is 0 Å². The fourth-order valence-corrected chi connectivity index (χ4v) is 3.81. The number of hydrogen-bond acceptors (Lipinski definition) is 5. The summed E-state index contributed by atoms with van der Waals surface area (Å²) in [5, 5.41) is 5.73. The molecule has 0 spiro atoms. The largest absolute Gasteiger partial charge is 0.497 e. The molecule has 2 N–H and O–H groups in total. The van der Waals surface area contributed by atoms with Crippen molar-refractivity contribution < 1.29 is 17.9 Å². The van der Waals surface area contributed by atoms with Crippen LogP contribution in [0, 0.1) is 0 Å². The molecule has 31 heavy (non-hydrogen) atoms. The second-order valence-corrected chi connectivity index (χ2v) is 7.54. The third kappa shape index (κ3) is 5.07. The van der Waals surface area contributed by atoms with Crippen LogP contribution in [0.25, 0.3) is 0 Å². The quantitative estimate of drug-likeness (QED) is 0.460.